The minimum Gasteiger partial charge on any atom is -0.457 e. The molecule has 1 heterocycles. The van der Waals surface area contributed by atoms with Gasteiger partial charge in [0.25, 0.3) is 0 Å². The molecule has 0 radical (unpaired) electrons. The Kier molecular flexibility index (Phi) is 9.83. The molecular weight excluding hydrogens is 587 g/mol. The van der Waals surface area contributed by atoms with Crippen LogP contribution in [0.3, 0.4) is 0 Å². The molecule has 1 aliphatic heterocycles. The van der Waals surface area contributed by atoms with Gasteiger partial charge in [-0.25, -0.2) is 9.18 Å². The van der Waals surface area contributed by atoms with Gasteiger partial charge in [-0.2, -0.15) is 0 Å². The highest BCUT2D eigenvalue weighted by Crippen LogP contribution is 2.31. The van der Waals surface area contributed by atoms with E-state index in [0.29, 0.717) is 18.0 Å². The quantitative estimate of drug-likeness (QED) is 0.292. The number of carbonyl (C=O) groups excluding carboxylic acids is 2. The number of urea groups is 1. The van der Waals surface area contributed by atoms with Crippen molar-refractivity contribution in [3.63, 3.8) is 0 Å². The minimum atomic E-state index is -0.516. The lowest BCUT2D eigenvalue weighted by molar-refractivity contribution is -0.114. The Hall–Kier alpha value is -3.14. The van der Waals surface area contributed by atoms with Crippen molar-refractivity contribution in [1.82, 2.24) is 15.1 Å². The van der Waals surface area contributed by atoms with Crippen molar-refractivity contribution in [3.8, 4) is 11.5 Å². The number of nitrogens with one attached hydrogen (secondary N) is 2. The van der Waals surface area contributed by atoms with Crippen LogP contribution in [0.1, 0.15) is 30.9 Å². The molecule has 0 aliphatic carbocycles. The highest BCUT2D eigenvalue weighted by atomic mass is 79.9. The zero-order chi connectivity index (χ0) is 27.9. The summed E-state index contributed by atoms with van der Waals surface area (Å²) in [5, 5.41) is 5.91. The molecule has 0 bridgehead atoms. The first-order valence-corrected chi connectivity index (χ1v) is 13.8. The lowest BCUT2D eigenvalue weighted by atomic mass is 10.0. The largest absolute Gasteiger partial charge is 0.457 e. The van der Waals surface area contributed by atoms with E-state index in [0.717, 1.165) is 48.2 Å². The number of halogens is 3. The van der Waals surface area contributed by atoms with Gasteiger partial charge in [-0.15, -0.1) is 0 Å². The summed E-state index contributed by atoms with van der Waals surface area (Å²) < 4.78 is 20.3. The van der Waals surface area contributed by atoms with Crippen LogP contribution in [0.15, 0.2) is 65.1 Å². The molecule has 7 nitrogen and oxygen atoms in total. The molecule has 1 aliphatic rings. The second kappa shape index (κ2) is 13.3. The van der Waals surface area contributed by atoms with Crippen LogP contribution in [0.5, 0.6) is 11.5 Å². The summed E-state index contributed by atoms with van der Waals surface area (Å²) in [4.78, 5) is 28.2. The molecule has 2 N–H and O–H groups in total. The van der Waals surface area contributed by atoms with Gasteiger partial charge in [0.05, 0.1) is 11.6 Å². The zero-order valence-corrected chi connectivity index (χ0v) is 24.2. The number of anilines is 1. The summed E-state index contributed by atoms with van der Waals surface area (Å²) in [6, 6.07) is 17.6. The SMILES string of the molecule is CC(=O)Nc1ccc(CN2CCC(NC(=O)N(C)Cc3ccc(Br)cc3Oc3ccc(F)c(Cl)c3)CC2)cc1. The van der Waals surface area contributed by atoms with Crippen LogP contribution in [0.2, 0.25) is 5.02 Å². The van der Waals surface area contributed by atoms with Crippen molar-refractivity contribution in [1.29, 1.82) is 0 Å². The average Bonchev–Trinajstić information content (AvgIpc) is 2.89. The first-order chi connectivity index (χ1) is 18.7. The summed E-state index contributed by atoms with van der Waals surface area (Å²) in [5.41, 5.74) is 2.77. The third-order valence-corrected chi connectivity index (χ3v) is 7.28. The van der Waals surface area contributed by atoms with Crippen LogP contribution in [0, 0.1) is 5.82 Å². The number of hydrogen-bond donors (Lipinski definition) is 2. The molecule has 3 amide bonds. The van der Waals surface area contributed by atoms with Gasteiger partial charge in [0.2, 0.25) is 5.91 Å². The van der Waals surface area contributed by atoms with E-state index >= 15 is 0 Å². The van der Waals surface area contributed by atoms with Gasteiger partial charge in [0, 0.05) is 61.4 Å². The number of amides is 3. The van der Waals surface area contributed by atoms with Gasteiger partial charge < -0.3 is 20.3 Å². The Morgan fingerprint density at radius 1 is 1.10 bits per heavy atom. The number of carbonyl (C=O) groups is 2. The zero-order valence-electron chi connectivity index (χ0n) is 21.8. The van der Waals surface area contributed by atoms with Crippen LogP contribution >= 0.6 is 27.5 Å². The van der Waals surface area contributed by atoms with E-state index in [1.807, 2.05) is 36.4 Å². The molecule has 3 aromatic rings. The Morgan fingerprint density at radius 3 is 2.49 bits per heavy atom. The Bertz CT molecular complexity index is 1320. The molecule has 206 valence electrons. The fraction of sp³-hybridized carbons (Fsp3) is 0.310. The van der Waals surface area contributed by atoms with Crippen LogP contribution in [-0.4, -0.2) is 47.9 Å². The molecule has 3 aromatic carbocycles. The molecular formula is C29H31BrClFN4O3. The predicted octanol–water partition coefficient (Wildman–Crippen LogP) is 6.80. The number of benzene rings is 3. The van der Waals surface area contributed by atoms with E-state index in [1.165, 1.54) is 30.7 Å². The fourth-order valence-corrected chi connectivity index (χ4v) is 4.93. The summed E-state index contributed by atoms with van der Waals surface area (Å²) >= 11 is 9.35. The van der Waals surface area contributed by atoms with E-state index < -0.39 is 5.82 Å². The molecule has 0 aromatic heterocycles. The molecule has 0 saturated carbocycles. The van der Waals surface area contributed by atoms with E-state index in [2.05, 4.69) is 31.5 Å². The summed E-state index contributed by atoms with van der Waals surface area (Å²) in [6.07, 6.45) is 1.73. The summed E-state index contributed by atoms with van der Waals surface area (Å²) in [7, 11) is 1.75. The molecule has 0 unspecified atom stereocenters. The van der Waals surface area contributed by atoms with Crippen molar-refractivity contribution < 1.29 is 18.7 Å². The molecule has 1 fully saturated rings. The maximum Gasteiger partial charge on any atom is 0.317 e. The van der Waals surface area contributed by atoms with E-state index in [1.54, 1.807) is 18.0 Å². The predicted molar refractivity (Wildman–Crippen MR) is 155 cm³/mol. The number of nitrogens with zero attached hydrogens (tertiary/aromatic N) is 2. The number of rotatable bonds is 8. The highest BCUT2D eigenvalue weighted by molar-refractivity contribution is 9.10. The minimum absolute atomic E-state index is 0.0218. The van der Waals surface area contributed by atoms with Crippen LogP contribution in [0.25, 0.3) is 0 Å². The smallest absolute Gasteiger partial charge is 0.317 e. The number of likely N-dealkylation sites (tertiary alicyclic amines) is 1. The lowest BCUT2D eigenvalue weighted by Crippen LogP contribution is -2.48. The normalized spacial score (nSPS) is 14.1. The molecule has 1 saturated heterocycles. The van der Waals surface area contributed by atoms with Crippen molar-refractivity contribution in [2.45, 2.75) is 38.9 Å². The fourth-order valence-electron chi connectivity index (χ4n) is 4.42. The van der Waals surface area contributed by atoms with Gasteiger partial charge in [-0.3, -0.25) is 9.69 Å². The standard InChI is InChI=1S/C29H31BrClFN4O3/c1-19(37)33-23-7-3-20(4-8-23)17-36-13-11-24(12-14-36)34-29(38)35(2)18-21-5-6-22(30)15-28(21)39-25-9-10-27(32)26(31)16-25/h3-10,15-16,24H,11-14,17-18H2,1-2H3,(H,33,37)(H,34,38). The summed E-state index contributed by atoms with van der Waals surface area (Å²) in [5.74, 6) is 0.352. The Morgan fingerprint density at radius 2 is 1.82 bits per heavy atom. The molecule has 0 spiro atoms. The van der Waals surface area contributed by atoms with Crippen molar-refractivity contribution in [2.75, 3.05) is 25.5 Å². The Balaban J connectivity index is 1.28. The molecule has 4 rings (SSSR count). The van der Waals surface area contributed by atoms with E-state index in [9.17, 15) is 14.0 Å². The van der Waals surface area contributed by atoms with Crippen LogP contribution in [-0.2, 0) is 17.9 Å². The van der Waals surface area contributed by atoms with Crippen molar-refractivity contribution in [2.24, 2.45) is 0 Å². The van der Waals surface area contributed by atoms with Gasteiger partial charge in [-0.1, -0.05) is 45.7 Å². The lowest BCUT2D eigenvalue weighted by Gasteiger charge is -2.33. The van der Waals surface area contributed by atoms with Gasteiger partial charge in [-0.05, 0) is 54.8 Å². The monoisotopic (exact) mass is 616 g/mol. The first-order valence-electron chi connectivity index (χ1n) is 12.7. The number of hydrogen-bond acceptors (Lipinski definition) is 4. The Labute approximate surface area is 241 Å². The van der Waals surface area contributed by atoms with Gasteiger partial charge in [0.15, 0.2) is 0 Å². The molecule has 0 atom stereocenters. The molecule has 39 heavy (non-hydrogen) atoms. The third-order valence-electron chi connectivity index (χ3n) is 6.50. The second-order valence-corrected chi connectivity index (χ2v) is 11.0. The van der Waals surface area contributed by atoms with Gasteiger partial charge in [0.1, 0.15) is 17.3 Å². The molecule has 10 heteroatoms. The van der Waals surface area contributed by atoms with E-state index in [4.69, 9.17) is 16.3 Å². The summed E-state index contributed by atoms with van der Waals surface area (Å²) in [6.45, 7) is 4.41. The van der Waals surface area contributed by atoms with E-state index in [-0.39, 0.29) is 23.0 Å². The van der Waals surface area contributed by atoms with Crippen molar-refractivity contribution in [3.05, 3.63) is 87.1 Å². The average molecular weight is 618 g/mol. The second-order valence-electron chi connectivity index (χ2n) is 9.66. The first kappa shape index (κ1) is 28.9. The maximum absolute atomic E-state index is 13.5. The topological polar surface area (TPSA) is 73.9 Å². The van der Waals surface area contributed by atoms with Crippen LogP contribution < -0.4 is 15.4 Å². The number of ether oxygens (including phenoxy) is 1. The van der Waals surface area contributed by atoms with Crippen LogP contribution in [0.4, 0.5) is 14.9 Å². The third kappa shape index (κ3) is 8.42. The number of piperidine rings is 1. The highest BCUT2D eigenvalue weighted by Gasteiger charge is 2.22. The van der Waals surface area contributed by atoms with Crippen molar-refractivity contribution >= 4 is 45.2 Å². The van der Waals surface area contributed by atoms with Gasteiger partial charge >= 0.3 is 6.03 Å². The maximum atomic E-state index is 13.5.